The van der Waals surface area contributed by atoms with Crippen LogP contribution >= 0.6 is 0 Å². The maximum absolute atomic E-state index is 12.4. The number of rotatable bonds is 2. The van der Waals surface area contributed by atoms with Crippen molar-refractivity contribution in [3.8, 4) is 0 Å². The van der Waals surface area contributed by atoms with Crippen LogP contribution in [0.15, 0.2) is 24.3 Å². The predicted octanol–water partition coefficient (Wildman–Crippen LogP) is 2.19. The van der Waals surface area contributed by atoms with E-state index < -0.39 is 21.3 Å². The Hall–Kier alpha value is -0.970. The van der Waals surface area contributed by atoms with E-state index >= 15 is 0 Å². The van der Waals surface area contributed by atoms with Gasteiger partial charge in [0.05, 0.1) is 0 Å². The molecule has 0 aliphatic rings. The summed E-state index contributed by atoms with van der Waals surface area (Å²) in [6.45, 7) is 1.21. The van der Waals surface area contributed by atoms with Gasteiger partial charge in [-0.25, -0.2) is 4.39 Å². The van der Waals surface area contributed by atoms with E-state index in [1.807, 2.05) is 0 Å². The van der Waals surface area contributed by atoms with Crippen molar-refractivity contribution >= 4 is 10.2 Å². The first kappa shape index (κ1) is 10.1. The van der Waals surface area contributed by atoms with Gasteiger partial charge in [-0.2, -0.15) is 8.42 Å². The van der Waals surface area contributed by atoms with Crippen molar-refractivity contribution in [1.29, 1.82) is 0 Å². The van der Waals surface area contributed by atoms with E-state index in [1.54, 1.807) is 0 Å². The van der Waals surface area contributed by atoms with Crippen LogP contribution in [0.1, 0.15) is 17.7 Å². The van der Waals surface area contributed by atoms with Gasteiger partial charge in [0.1, 0.15) is 11.1 Å². The Morgan fingerprint density at radius 3 is 2.08 bits per heavy atom. The molecule has 1 aromatic carbocycles. The minimum atomic E-state index is -4.59. The summed E-state index contributed by atoms with van der Waals surface area (Å²) in [6, 6.07) is 4.68. The van der Waals surface area contributed by atoms with Gasteiger partial charge >= 0.3 is 10.2 Å². The molecule has 1 atom stereocenters. The molecular formula is C8H8F2O2S. The van der Waals surface area contributed by atoms with Crippen LogP contribution in [0, 0.1) is 5.82 Å². The summed E-state index contributed by atoms with van der Waals surface area (Å²) in [4.78, 5) is 0. The molecule has 0 saturated heterocycles. The van der Waals surface area contributed by atoms with E-state index in [9.17, 15) is 16.7 Å². The molecule has 0 aromatic heterocycles. The number of halogens is 2. The quantitative estimate of drug-likeness (QED) is 0.695. The molecule has 0 N–H and O–H groups in total. The van der Waals surface area contributed by atoms with Crippen LogP contribution in [0.2, 0.25) is 0 Å². The van der Waals surface area contributed by atoms with Crippen LogP contribution in [0.25, 0.3) is 0 Å². The van der Waals surface area contributed by atoms with Crippen molar-refractivity contribution < 1.29 is 16.7 Å². The molecule has 0 amide bonds. The molecule has 2 nitrogen and oxygen atoms in total. The molecule has 0 fully saturated rings. The zero-order valence-electron chi connectivity index (χ0n) is 6.87. The van der Waals surface area contributed by atoms with E-state index in [-0.39, 0.29) is 5.56 Å². The van der Waals surface area contributed by atoms with E-state index in [1.165, 1.54) is 19.1 Å². The highest BCUT2D eigenvalue weighted by atomic mass is 32.3. The summed E-state index contributed by atoms with van der Waals surface area (Å²) < 4.78 is 45.8. The molecule has 72 valence electrons. The van der Waals surface area contributed by atoms with E-state index in [2.05, 4.69) is 0 Å². The van der Waals surface area contributed by atoms with Crippen LogP contribution < -0.4 is 0 Å². The van der Waals surface area contributed by atoms with Crippen molar-refractivity contribution in [1.82, 2.24) is 0 Å². The van der Waals surface area contributed by atoms with E-state index in [0.717, 1.165) is 12.1 Å². The number of benzene rings is 1. The Morgan fingerprint density at radius 1 is 1.23 bits per heavy atom. The van der Waals surface area contributed by atoms with Crippen molar-refractivity contribution in [2.45, 2.75) is 12.2 Å². The second-order valence-corrected chi connectivity index (χ2v) is 4.33. The average Bonchev–Trinajstić information content (AvgIpc) is 2.03. The fraction of sp³-hybridized carbons (Fsp3) is 0.250. The minimum absolute atomic E-state index is 0.240. The molecule has 1 aromatic rings. The summed E-state index contributed by atoms with van der Waals surface area (Å²) in [5, 5.41) is -1.24. The lowest BCUT2D eigenvalue weighted by molar-refractivity contribution is 0.540. The second kappa shape index (κ2) is 3.41. The van der Waals surface area contributed by atoms with Crippen molar-refractivity contribution in [2.75, 3.05) is 0 Å². The Bertz CT molecular complexity index is 383. The molecule has 5 heteroatoms. The van der Waals surface area contributed by atoms with Gasteiger partial charge in [0, 0.05) is 0 Å². The molecule has 1 unspecified atom stereocenters. The Morgan fingerprint density at radius 2 is 1.69 bits per heavy atom. The maximum atomic E-state index is 12.4. The van der Waals surface area contributed by atoms with E-state index in [0.29, 0.717) is 0 Å². The third-order valence-electron chi connectivity index (χ3n) is 1.76. The van der Waals surface area contributed by atoms with Gasteiger partial charge in [-0.15, -0.1) is 3.89 Å². The number of hydrogen-bond donors (Lipinski definition) is 0. The highest BCUT2D eigenvalue weighted by molar-refractivity contribution is 7.86. The van der Waals surface area contributed by atoms with Crippen molar-refractivity contribution in [3.63, 3.8) is 0 Å². The normalized spacial score (nSPS) is 14.1. The molecule has 0 bridgehead atoms. The van der Waals surface area contributed by atoms with Crippen LogP contribution in [-0.4, -0.2) is 8.42 Å². The molecule has 0 radical (unpaired) electrons. The summed E-state index contributed by atoms with van der Waals surface area (Å²) in [7, 11) is -4.59. The van der Waals surface area contributed by atoms with Gasteiger partial charge in [0.25, 0.3) is 0 Å². The lowest BCUT2D eigenvalue weighted by Gasteiger charge is -2.05. The largest absolute Gasteiger partial charge is 0.309 e. The van der Waals surface area contributed by atoms with Crippen LogP contribution in [-0.2, 0) is 10.2 Å². The maximum Gasteiger partial charge on any atom is 0.309 e. The van der Waals surface area contributed by atoms with Crippen LogP contribution in [0.5, 0.6) is 0 Å². The first-order chi connectivity index (χ1) is 5.91. The zero-order chi connectivity index (χ0) is 10.1. The highest BCUT2D eigenvalue weighted by Gasteiger charge is 2.20. The lowest BCUT2D eigenvalue weighted by Crippen LogP contribution is -2.03. The van der Waals surface area contributed by atoms with Crippen molar-refractivity contribution in [2.24, 2.45) is 0 Å². The van der Waals surface area contributed by atoms with Gasteiger partial charge in [0.2, 0.25) is 0 Å². The van der Waals surface area contributed by atoms with Gasteiger partial charge < -0.3 is 0 Å². The van der Waals surface area contributed by atoms with Gasteiger partial charge in [-0.1, -0.05) is 12.1 Å². The summed E-state index contributed by atoms with van der Waals surface area (Å²) in [5.41, 5.74) is 0.240. The fourth-order valence-corrected chi connectivity index (χ4v) is 1.38. The lowest BCUT2D eigenvalue weighted by atomic mass is 10.2. The van der Waals surface area contributed by atoms with E-state index in [4.69, 9.17) is 0 Å². The van der Waals surface area contributed by atoms with Crippen molar-refractivity contribution in [3.05, 3.63) is 35.6 Å². The molecule has 0 spiro atoms. The molecule has 0 heterocycles. The predicted molar refractivity (Wildman–Crippen MR) is 44.8 cm³/mol. The molecular weight excluding hydrogens is 198 g/mol. The molecule has 1 rings (SSSR count). The first-order valence-corrected chi connectivity index (χ1v) is 5.05. The third kappa shape index (κ3) is 2.48. The Labute approximate surface area is 75.4 Å². The molecule has 0 aliphatic heterocycles. The fourth-order valence-electron chi connectivity index (χ4n) is 0.896. The highest BCUT2D eigenvalue weighted by Crippen LogP contribution is 2.22. The third-order valence-corrected chi connectivity index (χ3v) is 2.88. The van der Waals surface area contributed by atoms with Crippen LogP contribution in [0.4, 0.5) is 8.28 Å². The Kier molecular flexibility index (Phi) is 2.66. The smallest absolute Gasteiger partial charge is 0.207 e. The average molecular weight is 206 g/mol. The summed E-state index contributed by atoms with van der Waals surface area (Å²) in [6.07, 6.45) is 0. The first-order valence-electron chi connectivity index (χ1n) is 3.60. The minimum Gasteiger partial charge on any atom is -0.207 e. The topological polar surface area (TPSA) is 34.1 Å². The molecule has 0 aliphatic carbocycles. The van der Waals surface area contributed by atoms with Gasteiger partial charge in [-0.3, -0.25) is 0 Å². The summed E-state index contributed by atoms with van der Waals surface area (Å²) >= 11 is 0. The Balaban J connectivity index is 3.04. The monoisotopic (exact) mass is 206 g/mol. The van der Waals surface area contributed by atoms with Crippen LogP contribution in [0.3, 0.4) is 0 Å². The zero-order valence-corrected chi connectivity index (χ0v) is 7.68. The summed E-state index contributed by atoms with van der Waals surface area (Å²) in [5.74, 6) is -0.479. The second-order valence-electron chi connectivity index (χ2n) is 2.67. The number of hydrogen-bond acceptors (Lipinski definition) is 2. The standard InChI is InChI=1S/C8H8F2O2S/c1-6(13(10,11)12)7-2-4-8(9)5-3-7/h2-6H,1H3. The molecule has 0 saturated carbocycles. The SMILES string of the molecule is CC(c1ccc(F)cc1)S(=O)(=O)F. The van der Waals surface area contributed by atoms with Gasteiger partial charge in [-0.05, 0) is 24.6 Å². The van der Waals surface area contributed by atoms with Gasteiger partial charge in [0.15, 0.2) is 0 Å². The molecule has 13 heavy (non-hydrogen) atoms.